The standard InChI is InChI=1S/C19H14FN5S2/c1-10-17(27-19(24-10)11-6-12(20)9-23-8-11)16-13-4-5-26-15(13)7-14(25-16)18(21-2)22-3/h4-9H,2H2,1,3H3. The Bertz CT molecular complexity index is 1190. The summed E-state index contributed by atoms with van der Waals surface area (Å²) in [7, 11) is 1.66. The normalized spacial score (nSPS) is 11.9. The van der Waals surface area contributed by atoms with Crippen molar-refractivity contribution in [3.8, 4) is 21.1 Å². The zero-order valence-electron chi connectivity index (χ0n) is 14.6. The van der Waals surface area contributed by atoms with E-state index in [1.54, 1.807) is 24.6 Å². The molecule has 0 spiro atoms. The van der Waals surface area contributed by atoms with E-state index in [0.29, 0.717) is 22.1 Å². The van der Waals surface area contributed by atoms with E-state index in [1.807, 2.05) is 24.4 Å². The molecular formula is C19H14FN5S2. The van der Waals surface area contributed by atoms with Gasteiger partial charge in [-0.2, -0.15) is 0 Å². The van der Waals surface area contributed by atoms with Crippen LogP contribution in [0.1, 0.15) is 11.4 Å². The number of hydrogen-bond donors (Lipinski definition) is 0. The molecule has 0 fully saturated rings. The van der Waals surface area contributed by atoms with Crippen LogP contribution in [0, 0.1) is 12.7 Å². The highest BCUT2D eigenvalue weighted by Gasteiger charge is 2.18. The number of rotatable bonds is 3. The Hall–Kier alpha value is -2.84. The molecule has 0 aliphatic carbocycles. The second-order valence-corrected chi connectivity index (χ2v) is 7.67. The van der Waals surface area contributed by atoms with Crippen LogP contribution < -0.4 is 0 Å². The Balaban J connectivity index is 1.92. The SMILES string of the molecule is C=NC(=NC)c1cc2sccc2c(-c2sc(-c3cncc(F)c3)nc2C)n1. The molecule has 8 heteroatoms. The van der Waals surface area contributed by atoms with Gasteiger partial charge in [-0.25, -0.2) is 19.4 Å². The van der Waals surface area contributed by atoms with Gasteiger partial charge in [-0.15, -0.1) is 22.7 Å². The lowest BCUT2D eigenvalue weighted by molar-refractivity contribution is 0.622. The first-order valence-electron chi connectivity index (χ1n) is 8.01. The number of aromatic nitrogens is 3. The molecule has 0 aromatic carbocycles. The second-order valence-electron chi connectivity index (χ2n) is 5.72. The predicted molar refractivity (Wildman–Crippen MR) is 111 cm³/mol. The fourth-order valence-corrected chi connectivity index (χ4v) is 4.66. The van der Waals surface area contributed by atoms with Crippen LogP contribution in [0.4, 0.5) is 4.39 Å². The first-order valence-corrected chi connectivity index (χ1v) is 9.71. The van der Waals surface area contributed by atoms with E-state index in [9.17, 15) is 4.39 Å². The summed E-state index contributed by atoms with van der Waals surface area (Å²) in [4.78, 5) is 22.4. The van der Waals surface area contributed by atoms with Gasteiger partial charge in [0, 0.05) is 28.9 Å². The first-order chi connectivity index (χ1) is 13.1. The largest absolute Gasteiger partial charge is 0.268 e. The van der Waals surface area contributed by atoms with Crippen molar-refractivity contribution >= 4 is 45.3 Å². The van der Waals surface area contributed by atoms with Crippen molar-refractivity contribution in [3.63, 3.8) is 0 Å². The second kappa shape index (κ2) is 7.05. The molecule has 0 amide bonds. The number of pyridine rings is 2. The minimum atomic E-state index is -0.386. The highest BCUT2D eigenvalue weighted by molar-refractivity contribution is 7.19. The third kappa shape index (κ3) is 3.17. The zero-order chi connectivity index (χ0) is 19.0. The topological polar surface area (TPSA) is 63.4 Å². The first kappa shape index (κ1) is 17.6. The van der Waals surface area contributed by atoms with Gasteiger partial charge in [0.15, 0.2) is 5.84 Å². The molecule has 0 aliphatic rings. The van der Waals surface area contributed by atoms with Gasteiger partial charge < -0.3 is 0 Å². The van der Waals surface area contributed by atoms with E-state index in [1.165, 1.54) is 23.6 Å². The molecule has 0 aliphatic heterocycles. The van der Waals surface area contributed by atoms with Gasteiger partial charge in [0.2, 0.25) is 0 Å². The van der Waals surface area contributed by atoms with Crippen molar-refractivity contribution in [1.29, 1.82) is 0 Å². The summed E-state index contributed by atoms with van der Waals surface area (Å²) in [6, 6.07) is 5.44. The number of thiazole rings is 1. The number of amidine groups is 1. The summed E-state index contributed by atoms with van der Waals surface area (Å²) in [5, 5.41) is 3.77. The molecule has 0 unspecified atom stereocenters. The molecule has 0 saturated carbocycles. The van der Waals surface area contributed by atoms with Gasteiger partial charge in [0.05, 0.1) is 22.5 Å². The molecule has 4 heterocycles. The molecule has 134 valence electrons. The number of hydrogen-bond acceptors (Lipinski definition) is 6. The summed E-state index contributed by atoms with van der Waals surface area (Å²) in [5.41, 5.74) is 2.96. The average molecular weight is 395 g/mol. The third-order valence-corrected chi connectivity index (χ3v) is 6.08. The van der Waals surface area contributed by atoms with Crippen molar-refractivity contribution in [1.82, 2.24) is 15.0 Å². The molecule has 0 N–H and O–H groups in total. The minimum absolute atomic E-state index is 0.386. The van der Waals surface area contributed by atoms with Crippen LogP contribution in [0.15, 0.2) is 46.0 Å². The molecule has 0 saturated heterocycles. The predicted octanol–water partition coefficient (Wildman–Crippen LogP) is 5.01. The summed E-state index contributed by atoms with van der Waals surface area (Å²) < 4.78 is 14.6. The van der Waals surface area contributed by atoms with Crippen molar-refractivity contribution in [2.75, 3.05) is 7.05 Å². The van der Waals surface area contributed by atoms with Gasteiger partial charge >= 0.3 is 0 Å². The van der Waals surface area contributed by atoms with Crippen LogP contribution in [-0.2, 0) is 0 Å². The Labute approximate surface area is 163 Å². The van der Waals surface area contributed by atoms with E-state index >= 15 is 0 Å². The molecule has 4 aromatic rings. The summed E-state index contributed by atoms with van der Waals surface area (Å²) in [5.74, 6) is 0.103. The lowest BCUT2D eigenvalue weighted by atomic mass is 10.1. The molecule has 0 atom stereocenters. The Morgan fingerprint density at radius 2 is 2.07 bits per heavy atom. The quantitative estimate of drug-likeness (QED) is 0.362. The van der Waals surface area contributed by atoms with Crippen molar-refractivity contribution in [3.05, 3.63) is 53.2 Å². The minimum Gasteiger partial charge on any atom is -0.268 e. The number of fused-ring (bicyclic) bond motifs is 1. The monoisotopic (exact) mass is 395 g/mol. The van der Waals surface area contributed by atoms with Gasteiger partial charge in [-0.3, -0.25) is 9.98 Å². The molecule has 4 rings (SSSR count). The third-order valence-electron chi connectivity index (χ3n) is 4.00. The maximum absolute atomic E-state index is 13.5. The molecule has 4 aromatic heterocycles. The highest BCUT2D eigenvalue weighted by Crippen LogP contribution is 2.39. The van der Waals surface area contributed by atoms with E-state index in [4.69, 9.17) is 4.98 Å². The molecule has 27 heavy (non-hydrogen) atoms. The molecular weight excluding hydrogens is 381 g/mol. The summed E-state index contributed by atoms with van der Waals surface area (Å²) in [6.07, 6.45) is 2.79. The summed E-state index contributed by atoms with van der Waals surface area (Å²) >= 11 is 3.09. The summed E-state index contributed by atoms with van der Waals surface area (Å²) in [6.45, 7) is 5.50. The Morgan fingerprint density at radius 1 is 1.22 bits per heavy atom. The number of aliphatic imine (C=N–C) groups is 2. The van der Waals surface area contributed by atoms with Crippen LogP contribution in [0.2, 0.25) is 0 Å². The van der Waals surface area contributed by atoms with Gasteiger partial charge in [0.1, 0.15) is 16.5 Å². The number of aryl methyl sites for hydroxylation is 1. The molecule has 0 bridgehead atoms. The van der Waals surface area contributed by atoms with Gasteiger partial charge in [0.25, 0.3) is 0 Å². The van der Waals surface area contributed by atoms with Crippen LogP contribution in [0.3, 0.4) is 0 Å². The lowest BCUT2D eigenvalue weighted by Crippen LogP contribution is -2.01. The maximum atomic E-state index is 13.5. The van der Waals surface area contributed by atoms with Crippen molar-refractivity contribution in [2.24, 2.45) is 9.98 Å². The molecule has 0 radical (unpaired) electrons. The van der Waals surface area contributed by atoms with Gasteiger partial charge in [-0.1, -0.05) is 0 Å². The highest BCUT2D eigenvalue weighted by atomic mass is 32.1. The maximum Gasteiger partial charge on any atom is 0.172 e. The van der Waals surface area contributed by atoms with E-state index < -0.39 is 0 Å². The lowest BCUT2D eigenvalue weighted by Gasteiger charge is -2.05. The number of nitrogens with zero attached hydrogens (tertiary/aromatic N) is 5. The van der Waals surface area contributed by atoms with Crippen LogP contribution >= 0.6 is 22.7 Å². The van der Waals surface area contributed by atoms with Crippen LogP contribution in [0.25, 0.3) is 31.2 Å². The smallest absolute Gasteiger partial charge is 0.172 e. The number of thiophene rings is 1. The average Bonchev–Trinajstić information content (AvgIpc) is 3.29. The Morgan fingerprint density at radius 3 is 2.81 bits per heavy atom. The van der Waals surface area contributed by atoms with Gasteiger partial charge in [-0.05, 0) is 37.2 Å². The zero-order valence-corrected chi connectivity index (χ0v) is 16.2. The van der Waals surface area contributed by atoms with E-state index in [-0.39, 0.29) is 5.82 Å². The number of halogens is 1. The van der Waals surface area contributed by atoms with E-state index in [2.05, 4.69) is 26.7 Å². The van der Waals surface area contributed by atoms with Crippen molar-refractivity contribution in [2.45, 2.75) is 6.92 Å². The van der Waals surface area contributed by atoms with Crippen LogP contribution in [-0.4, -0.2) is 34.6 Å². The van der Waals surface area contributed by atoms with E-state index in [0.717, 1.165) is 26.4 Å². The molecule has 5 nitrogen and oxygen atoms in total. The van der Waals surface area contributed by atoms with Crippen molar-refractivity contribution < 1.29 is 4.39 Å². The van der Waals surface area contributed by atoms with Crippen LogP contribution in [0.5, 0.6) is 0 Å². The fourth-order valence-electron chi connectivity index (χ4n) is 2.79. The fraction of sp³-hybridized carbons (Fsp3) is 0.105. The Kier molecular flexibility index (Phi) is 4.59.